The molecule has 1 fully saturated rings. The maximum absolute atomic E-state index is 12.6. The molecule has 23 heavy (non-hydrogen) atoms. The molecule has 2 heterocycles. The minimum absolute atomic E-state index is 0.330. The molecular weight excluding hydrogens is 330 g/mol. The Bertz CT molecular complexity index is 804. The van der Waals surface area contributed by atoms with Crippen LogP contribution in [0, 0.1) is 0 Å². The molecule has 0 unspecified atom stereocenters. The smallest absolute Gasteiger partial charge is 0.243 e. The second-order valence-electron chi connectivity index (χ2n) is 5.66. The van der Waals surface area contributed by atoms with Crippen molar-refractivity contribution in [3.8, 4) is 11.3 Å². The largest absolute Gasteiger partial charge is 0.389 e. The molecule has 7 heteroatoms. The zero-order valence-electron chi connectivity index (χ0n) is 12.7. The molecule has 122 valence electrons. The number of rotatable bonds is 4. The highest BCUT2D eigenvalue weighted by atomic mass is 32.2. The average molecular weight is 349 g/mol. The highest BCUT2D eigenvalue weighted by molar-refractivity contribution is 7.89. The van der Waals surface area contributed by atoms with E-state index in [9.17, 15) is 8.42 Å². The Morgan fingerprint density at radius 2 is 1.78 bits per heavy atom. The van der Waals surface area contributed by atoms with E-state index in [4.69, 9.17) is 18.0 Å². The van der Waals surface area contributed by atoms with Crippen LogP contribution in [-0.2, 0) is 10.0 Å². The number of aromatic amines is 1. The number of H-pyrrole nitrogens is 1. The Kier molecular flexibility index (Phi) is 4.52. The number of piperidine rings is 1. The van der Waals surface area contributed by atoms with Gasteiger partial charge in [0.1, 0.15) is 4.99 Å². The van der Waals surface area contributed by atoms with Gasteiger partial charge in [-0.3, -0.25) is 0 Å². The van der Waals surface area contributed by atoms with E-state index in [2.05, 4.69) is 4.98 Å². The number of hydrogen-bond donors (Lipinski definition) is 2. The van der Waals surface area contributed by atoms with Crippen LogP contribution in [0.2, 0.25) is 0 Å². The van der Waals surface area contributed by atoms with Gasteiger partial charge < -0.3 is 10.7 Å². The van der Waals surface area contributed by atoms with Gasteiger partial charge in [0.15, 0.2) is 0 Å². The molecule has 0 aliphatic carbocycles. The first-order valence-electron chi connectivity index (χ1n) is 7.57. The molecule has 1 saturated heterocycles. The minimum Gasteiger partial charge on any atom is -0.389 e. The van der Waals surface area contributed by atoms with E-state index in [1.807, 2.05) is 6.07 Å². The Morgan fingerprint density at radius 3 is 2.35 bits per heavy atom. The van der Waals surface area contributed by atoms with Gasteiger partial charge in [0.25, 0.3) is 0 Å². The third kappa shape index (κ3) is 3.31. The summed E-state index contributed by atoms with van der Waals surface area (Å²) in [7, 11) is -3.39. The summed E-state index contributed by atoms with van der Waals surface area (Å²) < 4.78 is 26.8. The lowest BCUT2D eigenvalue weighted by atomic mass is 10.1. The number of nitrogens with zero attached hydrogens (tertiary/aromatic N) is 1. The van der Waals surface area contributed by atoms with Crippen LogP contribution in [0.5, 0.6) is 0 Å². The Balaban J connectivity index is 1.85. The van der Waals surface area contributed by atoms with Crippen molar-refractivity contribution in [3.05, 3.63) is 42.1 Å². The predicted octanol–water partition coefficient (Wildman–Crippen LogP) is 2.49. The summed E-state index contributed by atoms with van der Waals surface area (Å²) >= 11 is 4.94. The molecule has 1 aliphatic heterocycles. The van der Waals surface area contributed by atoms with Crippen molar-refractivity contribution in [2.24, 2.45) is 5.73 Å². The lowest BCUT2D eigenvalue weighted by Gasteiger charge is -2.25. The van der Waals surface area contributed by atoms with Crippen LogP contribution in [0.4, 0.5) is 0 Å². The van der Waals surface area contributed by atoms with Crippen molar-refractivity contribution in [1.82, 2.24) is 9.29 Å². The fourth-order valence-corrected chi connectivity index (χ4v) is 4.40. The maximum Gasteiger partial charge on any atom is 0.243 e. The van der Waals surface area contributed by atoms with Crippen LogP contribution >= 0.6 is 12.2 Å². The monoisotopic (exact) mass is 349 g/mol. The molecule has 0 bridgehead atoms. The number of hydrogen-bond acceptors (Lipinski definition) is 3. The molecule has 0 amide bonds. The van der Waals surface area contributed by atoms with Gasteiger partial charge in [-0.2, -0.15) is 4.31 Å². The lowest BCUT2D eigenvalue weighted by Crippen LogP contribution is -2.35. The molecule has 1 aliphatic rings. The Morgan fingerprint density at radius 1 is 1.13 bits per heavy atom. The first-order chi connectivity index (χ1) is 11.0. The van der Waals surface area contributed by atoms with E-state index in [1.54, 1.807) is 34.8 Å². The number of benzene rings is 1. The van der Waals surface area contributed by atoms with Gasteiger partial charge in [-0.15, -0.1) is 0 Å². The zero-order chi connectivity index (χ0) is 16.4. The molecular formula is C16H19N3O2S2. The zero-order valence-corrected chi connectivity index (χ0v) is 14.3. The third-order valence-corrected chi connectivity index (χ3v) is 6.23. The molecule has 0 saturated carbocycles. The van der Waals surface area contributed by atoms with Crippen LogP contribution in [0.1, 0.15) is 24.8 Å². The topological polar surface area (TPSA) is 79.2 Å². The van der Waals surface area contributed by atoms with Crippen LogP contribution in [-0.4, -0.2) is 35.8 Å². The quantitative estimate of drug-likeness (QED) is 0.831. The predicted molar refractivity (Wildman–Crippen MR) is 94.7 cm³/mol. The van der Waals surface area contributed by atoms with Crippen LogP contribution in [0.25, 0.3) is 11.3 Å². The molecule has 0 radical (unpaired) electrons. The molecule has 5 nitrogen and oxygen atoms in total. The summed E-state index contributed by atoms with van der Waals surface area (Å²) in [6, 6.07) is 8.76. The van der Waals surface area contributed by atoms with E-state index in [1.165, 1.54) is 0 Å². The summed E-state index contributed by atoms with van der Waals surface area (Å²) in [6.45, 7) is 1.22. The normalized spacial score (nSPS) is 16.3. The lowest BCUT2D eigenvalue weighted by molar-refractivity contribution is 0.346. The number of nitrogens with one attached hydrogen (secondary N) is 1. The van der Waals surface area contributed by atoms with Crippen molar-refractivity contribution in [1.29, 1.82) is 0 Å². The van der Waals surface area contributed by atoms with Gasteiger partial charge in [-0.25, -0.2) is 8.42 Å². The van der Waals surface area contributed by atoms with Crippen molar-refractivity contribution < 1.29 is 8.42 Å². The van der Waals surface area contributed by atoms with Crippen LogP contribution < -0.4 is 5.73 Å². The number of sulfonamides is 1. The van der Waals surface area contributed by atoms with Gasteiger partial charge in [0, 0.05) is 30.5 Å². The highest BCUT2D eigenvalue weighted by Crippen LogP contribution is 2.24. The maximum atomic E-state index is 12.6. The second kappa shape index (κ2) is 6.43. The average Bonchev–Trinajstić information content (AvgIpc) is 3.06. The fraction of sp³-hybridized carbons (Fsp3) is 0.312. The third-order valence-electron chi connectivity index (χ3n) is 4.09. The Labute approximate surface area is 141 Å². The van der Waals surface area contributed by atoms with Gasteiger partial charge in [-0.1, -0.05) is 30.8 Å². The highest BCUT2D eigenvalue weighted by Gasteiger charge is 2.25. The summed E-state index contributed by atoms with van der Waals surface area (Å²) in [4.78, 5) is 3.77. The Hall–Kier alpha value is -1.70. The van der Waals surface area contributed by atoms with E-state index in [0.29, 0.717) is 23.0 Å². The van der Waals surface area contributed by atoms with E-state index in [-0.39, 0.29) is 0 Å². The van der Waals surface area contributed by atoms with Crippen molar-refractivity contribution in [2.75, 3.05) is 13.1 Å². The molecule has 3 rings (SSSR count). The standard InChI is InChI=1S/C16H19N3O2S2/c17-16(22)13-10-15(18-11-13)12-4-6-14(7-5-12)23(20,21)19-8-2-1-3-9-19/h4-7,10-11,18H,1-3,8-9H2,(H2,17,22). The molecule has 2 aromatic rings. The molecule has 0 atom stereocenters. The van der Waals surface area contributed by atoms with E-state index in [0.717, 1.165) is 36.1 Å². The van der Waals surface area contributed by atoms with Crippen molar-refractivity contribution in [2.45, 2.75) is 24.2 Å². The first kappa shape index (κ1) is 16.2. The molecule has 1 aromatic heterocycles. The van der Waals surface area contributed by atoms with E-state index >= 15 is 0 Å². The number of nitrogens with two attached hydrogens (primary N) is 1. The summed E-state index contributed by atoms with van der Waals surface area (Å²) in [5.41, 5.74) is 8.11. The number of thiocarbonyl (C=S) groups is 1. The van der Waals surface area contributed by atoms with Gasteiger partial charge in [0.2, 0.25) is 10.0 Å². The number of aromatic nitrogens is 1. The molecule has 3 N–H and O–H groups in total. The second-order valence-corrected chi connectivity index (χ2v) is 8.03. The van der Waals surface area contributed by atoms with Crippen LogP contribution in [0.3, 0.4) is 0 Å². The van der Waals surface area contributed by atoms with Gasteiger partial charge in [0.05, 0.1) is 4.90 Å². The summed E-state index contributed by atoms with van der Waals surface area (Å²) in [5.74, 6) is 0. The molecule has 1 aromatic carbocycles. The van der Waals surface area contributed by atoms with Gasteiger partial charge in [-0.05, 0) is 36.6 Å². The van der Waals surface area contributed by atoms with Crippen molar-refractivity contribution in [3.63, 3.8) is 0 Å². The SMILES string of the molecule is NC(=S)c1c[nH]c(-c2ccc(S(=O)(=O)N3CCCCC3)cc2)c1. The summed E-state index contributed by atoms with van der Waals surface area (Å²) in [6.07, 6.45) is 4.71. The van der Waals surface area contributed by atoms with Crippen molar-refractivity contribution >= 4 is 27.2 Å². The molecule has 0 spiro atoms. The minimum atomic E-state index is -3.39. The van der Waals surface area contributed by atoms with E-state index < -0.39 is 10.0 Å². The fourth-order valence-electron chi connectivity index (χ4n) is 2.76. The first-order valence-corrected chi connectivity index (χ1v) is 9.42. The van der Waals surface area contributed by atoms with Crippen LogP contribution in [0.15, 0.2) is 41.4 Å². The summed E-state index contributed by atoms with van der Waals surface area (Å²) in [5, 5.41) is 0. The van der Waals surface area contributed by atoms with Gasteiger partial charge >= 0.3 is 0 Å².